The molecule has 1 aliphatic heterocycles. The van der Waals surface area contributed by atoms with E-state index in [4.69, 9.17) is 17.0 Å². The van der Waals surface area contributed by atoms with Crippen LogP contribution in [0.2, 0.25) is 0 Å². The summed E-state index contributed by atoms with van der Waals surface area (Å²) in [6, 6.07) is 0. The van der Waals surface area contributed by atoms with Gasteiger partial charge in [0, 0.05) is 26.2 Å². The summed E-state index contributed by atoms with van der Waals surface area (Å²) in [5, 5.41) is 11.1. The highest BCUT2D eigenvalue weighted by atomic mass is 32.1. The van der Waals surface area contributed by atoms with Crippen molar-refractivity contribution in [2.24, 2.45) is 0 Å². The normalized spacial score (nSPS) is 14.6. The molecule has 0 aromatic carbocycles. The number of thiocarbonyl (C=S) groups is 1. The Balaban J connectivity index is 1.99. The third-order valence-corrected chi connectivity index (χ3v) is 4.20. The first-order valence-corrected chi connectivity index (χ1v) is 9.06. The van der Waals surface area contributed by atoms with Gasteiger partial charge in [-0.2, -0.15) is 5.10 Å². The molecule has 25 heavy (non-hydrogen) atoms. The fraction of sp³-hybridized carbons (Fsp3) is 0.688. The summed E-state index contributed by atoms with van der Waals surface area (Å²) in [5.74, 6) is -0.0412. The Morgan fingerprint density at radius 3 is 2.76 bits per heavy atom. The van der Waals surface area contributed by atoms with Crippen LogP contribution in [-0.4, -0.2) is 84.1 Å². The summed E-state index contributed by atoms with van der Waals surface area (Å²) < 4.78 is 7.03. The van der Waals surface area contributed by atoms with E-state index in [9.17, 15) is 4.79 Å². The minimum Gasteiger partial charge on any atom is -0.378 e. The van der Waals surface area contributed by atoms with Crippen molar-refractivity contribution in [2.75, 3.05) is 58.8 Å². The van der Waals surface area contributed by atoms with Gasteiger partial charge in [-0.15, -0.1) is 0 Å². The van der Waals surface area contributed by atoms with E-state index in [0.29, 0.717) is 49.3 Å². The number of carbonyl (C=O) groups is 1. The van der Waals surface area contributed by atoms with E-state index in [0.717, 1.165) is 19.5 Å². The van der Waals surface area contributed by atoms with Gasteiger partial charge < -0.3 is 25.2 Å². The molecular weight excluding hydrogens is 340 g/mol. The van der Waals surface area contributed by atoms with Gasteiger partial charge >= 0.3 is 0 Å². The van der Waals surface area contributed by atoms with Crippen molar-refractivity contribution in [2.45, 2.75) is 19.9 Å². The Bertz CT molecular complexity index is 583. The Kier molecular flexibility index (Phi) is 7.60. The van der Waals surface area contributed by atoms with Crippen LogP contribution < -0.4 is 10.6 Å². The maximum atomic E-state index is 12.9. The van der Waals surface area contributed by atoms with E-state index < -0.39 is 0 Å². The molecule has 9 heteroatoms. The monoisotopic (exact) mass is 368 g/mol. The smallest absolute Gasteiger partial charge is 0.274 e. The van der Waals surface area contributed by atoms with Crippen molar-refractivity contribution < 1.29 is 9.53 Å². The Hall–Kier alpha value is -1.71. The first-order chi connectivity index (χ1) is 12.0. The molecule has 0 bridgehead atoms. The lowest BCUT2D eigenvalue weighted by molar-refractivity contribution is 0.0295. The number of anilines is 1. The lowest BCUT2D eigenvalue weighted by Crippen LogP contribution is -2.42. The lowest BCUT2D eigenvalue weighted by atomic mass is 10.3. The van der Waals surface area contributed by atoms with Gasteiger partial charge in [0.15, 0.2) is 5.11 Å². The number of nitrogens with zero attached hydrogens (tertiary/aromatic N) is 4. The second-order valence-electron chi connectivity index (χ2n) is 6.16. The minimum absolute atomic E-state index is 0.0412. The van der Waals surface area contributed by atoms with Gasteiger partial charge in [-0.25, -0.2) is 0 Å². The molecule has 0 spiro atoms. The largest absolute Gasteiger partial charge is 0.378 e. The van der Waals surface area contributed by atoms with Crippen LogP contribution in [0.4, 0.5) is 5.69 Å². The van der Waals surface area contributed by atoms with E-state index in [1.54, 1.807) is 15.8 Å². The molecule has 1 aliphatic rings. The molecule has 1 amide bonds. The topological polar surface area (TPSA) is 74.7 Å². The average molecular weight is 369 g/mol. The van der Waals surface area contributed by atoms with Crippen LogP contribution in [-0.2, 0) is 11.3 Å². The number of morpholine rings is 1. The zero-order chi connectivity index (χ0) is 18.2. The highest BCUT2D eigenvalue weighted by molar-refractivity contribution is 7.80. The SMILES string of the molecule is CCn1ncc(NC(=S)NCCCN(C)C)c1C(=O)N1CCOCC1. The van der Waals surface area contributed by atoms with Crippen molar-refractivity contribution >= 4 is 28.9 Å². The van der Waals surface area contributed by atoms with E-state index in [1.165, 1.54) is 0 Å². The molecule has 140 valence electrons. The molecular formula is C16H28N6O2S. The third kappa shape index (κ3) is 5.65. The number of carbonyl (C=O) groups excluding carboxylic acids is 1. The molecule has 0 radical (unpaired) electrons. The van der Waals surface area contributed by atoms with Crippen LogP contribution in [0.3, 0.4) is 0 Å². The zero-order valence-electron chi connectivity index (χ0n) is 15.2. The summed E-state index contributed by atoms with van der Waals surface area (Å²) in [6.07, 6.45) is 2.65. The van der Waals surface area contributed by atoms with Crippen molar-refractivity contribution in [3.8, 4) is 0 Å². The predicted octanol–water partition coefficient (Wildman–Crippen LogP) is 0.614. The van der Waals surface area contributed by atoms with Gasteiger partial charge in [-0.1, -0.05) is 0 Å². The van der Waals surface area contributed by atoms with Crippen LogP contribution in [0.25, 0.3) is 0 Å². The zero-order valence-corrected chi connectivity index (χ0v) is 16.1. The molecule has 8 nitrogen and oxygen atoms in total. The molecule has 0 unspecified atom stereocenters. The van der Waals surface area contributed by atoms with Gasteiger partial charge in [0.25, 0.3) is 5.91 Å². The first kappa shape index (κ1) is 19.6. The Morgan fingerprint density at radius 2 is 2.12 bits per heavy atom. The van der Waals surface area contributed by atoms with E-state index in [1.807, 2.05) is 21.0 Å². The van der Waals surface area contributed by atoms with E-state index in [2.05, 4.69) is 20.6 Å². The van der Waals surface area contributed by atoms with Crippen molar-refractivity contribution in [1.29, 1.82) is 0 Å². The summed E-state index contributed by atoms with van der Waals surface area (Å²) in [5.41, 5.74) is 1.19. The fourth-order valence-corrected chi connectivity index (χ4v) is 2.83. The van der Waals surface area contributed by atoms with Crippen LogP contribution in [0, 0.1) is 0 Å². The van der Waals surface area contributed by atoms with Gasteiger partial charge in [0.05, 0.1) is 25.1 Å². The van der Waals surface area contributed by atoms with Crippen molar-refractivity contribution in [1.82, 2.24) is 24.9 Å². The molecule has 2 rings (SSSR count). The number of aryl methyl sites for hydroxylation is 1. The highest BCUT2D eigenvalue weighted by Crippen LogP contribution is 2.18. The third-order valence-electron chi connectivity index (χ3n) is 3.96. The van der Waals surface area contributed by atoms with E-state index >= 15 is 0 Å². The minimum atomic E-state index is -0.0412. The van der Waals surface area contributed by atoms with Crippen LogP contribution in [0.5, 0.6) is 0 Å². The number of rotatable bonds is 7. The summed E-state index contributed by atoms with van der Waals surface area (Å²) >= 11 is 5.35. The molecule has 2 heterocycles. The van der Waals surface area contributed by atoms with Crippen LogP contribution in [0.15, 0.2) is 6.20 Å². The number of ether oxygens (including phenoxy) is 1. The highest BCUT2D eigenvalue weighted by Gasteiger charge is 2.25. The summed E-state index contributed by atoms with van der Waals surface area (Å²) in [4.78, 5) is 16.8. The van der Waals surface area contributed by atoms with Crippen LogP contribution >= 0.6 is 12.2 Å². The molecule has 0 atom stereocenters. The fourth-order valence-electron chi connectivity index (χ4n) is 2.62. The second-order valence-corrected chi connectivity index (χ2v) is 6.57. The molecule has 1 fully saturated rings. The van der Waals surface area contributed by atoms with E-state index in [-0.39, 0.29) is 5.91 Å². The average Bonchev–Trinajstić information content (AvgIpc) is 3.01. The summed E-state index contributed by atoms with van der Waals surface area (Å²) in [7, 11) is 4.08. The Morgan fingerprint density at radius 1 is 1.40 bits per heavy atom. The van der Waals surface area contributed by atoms with Gasteiger partial charge in [0.2, 0.25) is 0 Å². The standard InChI is InChI=1S/C16H28N6O2S/c1-4-22-14(15(23)21-8-10-24-11-9-21)13(12-18-22)19-16(25)17-6-5-7-20(2)3/h12H,4-11H2,1-3H3,(H2,17,19,25). The lowest BCUT2D eigenvalue weighted by Gasteiger charge is -2.27. The van der Waals surface area contributed by atoms with Crippen molar-refractivity contribution in [3.63, 3.8) is 0 Å². The van der Waals surface area contributed by atoms with Gasteiger partial charge in [-0.05, 0) is 46.2 Å². The molecule has 0 aliphatic carbocycles. The molecule has 1 saturated heterocycles. The maximum Gasteiger partial charge on any atom is 0.274 e. The second kappa shape index (κ2) is 9.69. The Labute approximate surface area is 154 Å². The molecule has 1 aromatic rings. The van der Waals surface area contributed by atoms with Crippen LogP contribution in [0.1, 0.15) is 23.8 Å². The number of nitrogens with one attached hydrogen (secondary N) is 2. The number of amides is 1. The quantitative estimate of drug-likeness (QED) is 0.540. The molecule has 1 aromatic heterocycles. The first-order valence-electron chi connectivity index (χ1n) is 8.65. The maximum absolute atomic E-state index is 12.9. The molecule has 2 N–H and O–H groups in total. The predicted molar refractivity (Wildman–Crippen MR) is 102 cm³/mol. The van der Waals surface area contributed by atoms with Gasteiger partial charge in [0.1, 0.15) is 5.69 Å². The molecule has 0 saturated carbocycles. The van der Waals surface area contributed by atoms with Gasteiger partial charge in [-0.3, -0.25) is 9.48 Å². The number of hydrogen-bond donors (Lipinski definition) is 2. The number of aromatic nitrogens is 2. The summed E-state index contributed by atoms with van der Waals surface area (Å²) in [6.45, 7) is 6.69. The van der Waals surface area contributed by atoms with Crippen molar-refractivity contribution in [3.05, 3.63) is 11.9 Å². The number of hydrogen-bond acceptors (Lipinski definition) is 5.